The number of benzene rings is 2. The molecule has 0 unspecified atom stereocenters. The van der Waals surface area contributed by atoms with E-state index in [1.54, 1.807) is 7.11 Å². The molecule has 3 aromatic rings. The van der Waals surface area contributed by atoms with Crippen molar-refractivity contribution in [3.05, 3.63) is 47.0 Å². The molecule has 0 bridgehead atoms. The number of para-hydroxylation sites is 1. The average Bonchev–Trinajstić information content (AvgIpc) is 2.39. The van der Waals surface area contributed by atoms with Gasteiger partial charge < -0.3 is 9.15 Å². The molecule has 0 spiro atoms. The molecule has 0 aliphatic carbocycles. The number of hydrogen-bond donors (Lipinski definition) is 0. The van der Waals surface area contributed by atoms with Gasteiger partial charge in [0.05, 0.1) is 11.6 Å². The van der Waals surface area contributed by atoms with Crippen LogP contribution in [0.4, 0.5) is 0 Å². The van der Waals surface area contributed by atoms with Crippen LogP contribution in [0.3, 0.4) is 0 Å². The zero-order chi connectivity index (χ0) is 11.8. The summed E-state index contributed by atoms with van der Waals surface area (Å²) in [5.41, 5.74) is 1.60. The molecule has 0 N–H and O–H groups in total. The molecule has 0 fully saturated rings. The highest BCUT2D eigenvalue weighted by Gasteiger charge is 2.05. The van der Waals surface area contributed by atoms with Gasteiger partial charge in [0.25, 0.3) is 0 Å². The van der Waals surface area contributed by atoms with Gasteiger partial charge in [-0.1, -0.05) is 24.4 Å². The first-order chi connectivity index (χ1) is 8.29. The second kappa shape index (κ2) is 3.86. The van der Waals surface area contributed by atoms with Gasteiger partial charge in [-0.2, -0.15) is 0 Å². The summed E-state index contributed by atoms with van der Waals surface area (Å²) in [6, 6.07) is 13.5. The van der Waals surface area contributed by atoms with Crippen molar-refractivity contribution in [2.24, 2.45) is 0 Å². The summed E-state index contributed by atoms with van der Waals surface area (Å²) in [5.74, 6) is 0.786. The standard InChI is InChI=1S/C14H10O2S/c1-15-9-6-7-13-11(8-9)14(17)10-4-2-3-5-12(10)16-13/h2-8H,1H3. The minimum atomic E-state index is 0.786. The number of fused-ring (bicyclic) bond motifs is 2. The molecule has 1 aromatic heterocycles. The minimum Gasteiger partial charge on any atom is -0.497 e. The summed E-state index contributed by atoms with van der Waals surface area (Å²) in [4.78, 5) is 0. The lowest BCUT2D eigenvalue weighted by Gasteiger charge is -2.04. The van der Waals surface area contributed by atoms with E-state index >= 15 is 0 Å². The summed E-state index contributed by atoms with van der Waals surface area (Å²) >= 11 is 5.49. The van der Waals surface area contributed by atoms with E-state index in [1.807, 2.05) is 42.5 Å². The van der Waals surface area contributed by atoms with Crippen LogP contribution in [0.15, 0.2) is 46.9 Å². The Hall–Kier alpha value is -1.87. The van der Waals surface area contributed by atoms with Gasteiger partial charge in [0.15, 0.2) is 0 Å². The van der Waals surface area contributed by atoms with Crippen LogP contribution in [0.5, 0.6) is 5.75 Å². The van der Waals surface area contributed by atoms with Crippen LogP contribution < -0.4 is 4.74 Å². The third-order valence-corrected chi connectivity index (χ3v) is 3.22. The predicted octanol–water partition coefficient (Wildman–Crippen LogP) is 4.32. The van der Waals surface area contributed by atoms with Crippen molar-refractivity contribution in [2.45, 2.75) is 0 Å². The van der Waals surface area contributed by atoms with Crippen molar-refractivity contribution in [3.63, 3.8) is 0 Å². The molecule has 2 nitrogen and oxygen atoms in total. The van der Waals surface area contributed by atoms with Crippen LogP contribution in [-0.2, 0) is 0 Å². The largest absolute Gasteiger partial charge is 0.497 e. The minimum absolute atomic E-state index is 0.786. The summed E-state index contributed by atoms with van der Waals surface area (Å²) in [6.45, 7) is 0. The first-order valence-corrected chi connectivity index (χ1v) is 5.70. The molecule has 3 rings (SSSR count). The second-order valence-corrected chi connectivity index (χ2v) is 4.20. The molecule has 0 amide bonds. The Morgan fingerprint density at radius 1 is 1.00 bits per heavy atom. The van der Waals surface area contributed by atoms with Gasteiger partial charge in [-0.15, -0.1) is 0 Å². The van der Waals surface area contributed by atoms with Crippen LogP contribution in [0.2, 0.25) is 0 Å². The SMILES string of the molecule is COc1ccc2oc3ccccc3c(=S)c2c1. The van der Waals surface area contributed by atoms with Gasteiger partial charge in [-0.05, 0) is 30.3 Å². The van der Waals surface area contributed by atoms with Gasteiger partial charge in [0.1, 0.15) is 16.9 Å². The molecule has 0 aliphatic rings. The van der Waals surface area contributed by atoms with Crippen LogP contribution in [0.25, 0.3) is 21.9 Å². The van der Waals surface area contributed by atoms with Crippen LogP contribution in [0, 0.1) is 4.51 Å². The smallest absolute Gasteiger partial charge is 0.136 e. The zero-order valence-corrected chi connectivity index (χ0v) is 10.1. The predicted molar refractivity (Wildman–Crippen MR) is 71.1 cm³/mol. The lowest BCUT2D eigenvalue weighted by molar-refractivity contribution is 0.415. The highest BCUT2D eigenvalue weighted by molar-refractivity contribution is 7.72. The Kier molecular flexibility index (Phi) is 2.34. The average molecular weight is 242 g/mol. The molecular weight excluding hydrogens is 232 g/mol. The fourth-order valence-electron chi connectivity index (χ4n) is 1.91. The van der Waals surface area contributed by atoms with Gasteiger partial charge in [-0.3, -0.25) is 0 Å². The van der Waals surface area contributed by atoms with Crippen molar-refractivity contribution < 1.29 is 9.15 Å². The van der Waals surface area contributed by atoms with E-state index in [2.05, 4.69) is 0 Å². The van der Waals surface area contributed by atoms with Crippen molar-refractivity contribution in [3.8, 4) is 5.75 Å². The summed E-state index contributed by atoms with van der Waals surface area (Å²) < 4.78 is 11.8. The molecule has 3 heteroatoms. The van der Waals surface area contributed by atoms with Crippen LogP contribution in [0.1, 0.15) is 0 Å². The van der Waals surface area contributed by atoms with Crippen LogP contribution >= 0.6 is 12.2 Å². The Morgan fingerprint density at radius 3 is 2.59 bits per heavy atom. The maximum atomic E-state index is 5.80. The zero-order valence-electron chi connectivity index (χ0n) is 9.27. The fourth-order valence-corrected chi connectivity index (χ4v) is 2.24. The lowest BCUT2D eigenvalue weighted by Crippen LogP contribution is -1.84. The van der Waals surface area contributed by atoms with Gasteiger partial charge in [0.2, 0.25) is 0 Å². The molecule has 2 aromatic carbocycles. The Balaban J connectivity index is 2.51. The van der Waals surface area contributed by atoms with E-state index in [1.165, 1.54) is 0 Å². The highest BCUT2D eigenvalue weighted by Crippen LogP contribution is 2.27. The monoisotopic (exact) mass is 242 g/mol. The second-order valence-electron chi connectivity index (χ2n) is 3.79. The van der Waals surface area contributed by atoms with E-state index in [0.717, 1.165) is 32.2 Å². The molecule has 17 heavy (non-hydrogen) atoms. The van der Waals surface area contributed by atoms with E-state index in [0.29, 0.717) is 0 Å². The molecule has 0 atom stereocenters. The fraction of sp³-hybridized carbons (Fsp3) is 0.0714. The van der Waals surface area contributed by atoms with Crippen molar-refractivity contribution in [2.75, 3.05) is 7.11 Å². The maximum absolute atomic E-state index is 5.80. The summed E-state index contributed by atoms with van der Waals surface area (Å²) in [7, 11) is 1.64. The van der Waals surface area contributed by atoms with Crippen molar-refractivity contribution in [1.82, 2.24) is 0 Å². The van der Waals surface area contributed by atoms with Gasteiger partial charge in [0, 0.05) is 10.8 Å². The lowest BCUT2D eigenvalue weighted by atomic mass is 10.1. The number of methoxy groups -OCH3 is 1. The van der Waals surface area contributed by atoms with E-state index in [9.17, 15) is 0 Å². The van der Waals surface area contributed by atoms with Gasteiger partial charge >= 0.3 is 0 Å². The highest BCUT2D eigenvalue weighted by atomic mass is 32.1. The topological polar surface area (TPSA) is 22.4 Å². The number of hydrogen-bond acceptors (Lipinski definition) is 3. The molecular formula is C14H10O2S. The normalized spacial score (nSPS) is 10.9. The van der Waals surface area contributed by atoms with E-state index in [-0.39, 0.29) is 0 Å². The molecule has 1 heterocycles. The number of rotatable bonds is 1. The van der Waals surface area contributed by atoms with E-state index in [4.69, 9.17) is 21.4 Å². The van der Waals surface area contributed by atoms with E-state index < -0.39 is 0 Å². The Morgan fingerprint density at radius 2 is 1.76 bits per heavy atom. The molecule has 0 saturated heterocycles. The third-order valence-electron chi connectivity index (χ3n) is 2.78. The molecule has 0 radical (unpaired) electrons. The molecule has 0 aliphatic heterocycles. The first-order valence-electron chi connectivity index (χ1n) is 5.29. The maximum Gasteiger partial charge on any atom is 0.136 e. The number of ether oxygens (including phenoxy) is 1. The first kappa shape index (κ1) is 10.3. The van der Waals surface area contributed by atoms with Crippen molar-refractivity contribution >= 4 is 34.2 Å². The molecule has 0 saturated carbocycles. The quantitative estimate of drug-likeness (QED) is 0.468. The summed E-state index contributed by atoms with van der Waals surface area (Å²) in [6.07, 6.45) is 0. The van der Waals surface area contributed by atoms with Crippen LogP contribution in [-0.4, -0.2) is 7.11 Å². The summed E-state index contributed by atoms with van der Waals surface area (Å²) in [5, 5.41) is 1.88. The third kappa shape index (κ3) is 1.59. The Labute approximate surface area is 103 Å². The Bertz CT molecular complexity index is 759. The van der Waals surface area contributed by atoms with Crippen molar-refractivity contribution in [1.29, 1.82) is 0 Å². The van der Waals surface area contributed by atoms with Gasteiger partial charge in [-0.25, -0.2) is 0 Å². The molecule has 84 valence electrons.